The van der Waals surface area contributed by atoms with Gasteiger partial charge in [0.25, 0.3) is 5.91 Å². The van der Waals surface area contributed by atoms with Gasteiger partial charge in [-0.15, -0.1) is 0 Å². The van der Waals surface area contributed by atoms with Crippen LogP contribution in [-0.4, -0.2) is 17.0 Å². The van der Waals surface area contributed by atoms with Crippen molar-refractivity contribution in [1.29, 1.82) is 0 Å². The Bertz CT molecular complexity index is 884. The highest BCUT2D eigenvalue weighted by molar-refractivity contribution is 7.22. The van der Waals surface area contributed by atoms with Gasteiger partial charge in [0.1, 0.15) is 0 Å². The molecule has 24 heavy (non-hydrogen) atoms. The number of amides is 1. The SMILES string of the molecule is CC[C@@H](Oc1ccccc1F)C(=O)Nc1nc2ccc(Cl)cc2s1. The molecular formula is C17H14ClFN2O2S. The van der Waals surface area contributed by atoms with Crippen molar-refractivity contribution < 1.29 is 13.9 Å². The van der Waals surface area contributed by atoms with Crippen LogP contribution >= 0.6 is 22.9 Å². The largest absolute Gasteiger partial charge is 0.478 e. The molecule has 1 aromatic heterocycles. The number of thiazole rings is 1. The molecule has 0 aliphatic heterocycles. The van der Waals surface area contributed by atoms with Gasteiger partial charge in [-0.25, -0.2) is 9.37 Å². The summed E-state index contributed by atoms with van der Waals surface area (Å²) in [5.41, 5.74) is 0.753. The number of halogens is 2. The number of fused-ring (bicyclic) bond motifs is 1. The number of ether oxygens (including phenoxy) is 1. The highest BCUT2D eigenvalue weighted by Gasteiger charge is 2.21. The van der Waals surface area contributed by atoms with Gasteiger partial charge in [-0.05, 0) is 36.8 Å². The maximum atomic E-state index is 13.7. The zero-order valence-electron chi connectivity index (χ0n) is 12.8. The zero-order chi connectivity index (χ0) is 17.1. The molecule has 0 unspecified atom stereocenters. The third-order valence-corrected chi connectivity index (χ3v) is 4.52. The molecule has 0 fully saturated rings. The minimum atomic E-state index is -0.808. The molecule has 0 saturated heterocycles. The first kappa shape index (κ1) is 16.7. The molecule has 124 valence electrons. The Morgan fingerprint density at radius 1 is 1.38 bits per heavy atom. The second kappa shape index (κ2) is 7.15. The van der Waals surface area contributed by atoms with E-state index in [9.17, 15) is 9.18 Å². The maximum Gasteiger partial charge on any atom is 0.267 e. The van der Waals surface area contributed by atoms with E-state index in [4.69, 9.17) is 16.3 Å². The number of nitrogens with one attached hydrogen (secondary N) is 1. The number of para-hydroxylation sites is 1. The van der Waals surface area contributed by atoms with Crippen molar-refractivity contribution in [2.75, 3.05) is 5.32 Å². The number of carbonyl (C=O) groups excluding carboxylic acids is 1. The molecule has 2 aromatic carbocycles. The minimum absolute atomic E-state index is 0.0515. The van der Waals surface area contributed by atoms with E-state index in [1.165, 1.54) is 23.5 Å². The highest BCUT2D eigenvalue weighted by atomic mass is 35.5. The van der Waals surface area contributed by atoms with E-state index in [1.54, 1.807) is 37.3 Å². The summed E-state index contributed by atoms with van der Waals surface area (Å²) in [7, 11) is 0. The van der Waals surface area contributed by atoms with E-state index in [0.717, 1.165) is 10.2 Å². The number of hydrogen-bond acceptors (Lipinski definition) is 4. The lowest BCUT2D eigenvalue weighted by Crippen LogP contribution is -2.32. The molecule has 0 aliphatic rings. The molecule has 0 radical (unpaired) electrons. The monoisotopic (exact) mass is 364 g/mol. The smallest absolute Gasteiger partial charge is 0.267 e. The summed E-state index contributed by atoms with van der Waals surface area (Å²) in [6.45, 7) is 1.79. The summed E-state index contributed by atoms with van der Waals surface area (Å²) in [5, 5.41) is 3.78. The van der Waals surface area contributed by atoms with Crippen LogP contribution in [0.15, 0.2) is 42.5 Å². The van der Waals surface area contributed by atoms with Crippen LogP contribution in [0.1, 0.15) is 13.3 Å². The zero-order valence-corrected chi connectivity index (χ0v) is 14.3. The van der Waals surface area contributed by atoms with E-state index in [2.05, 4.69) is 10.3 Å². The van der Waals surface area contributed by atoms with Crippen molar-refractivity contribution in [3.63, 3.8) is 0 Å². The quantitative estimate of drug-likeness (QED) is 0.701. The molecule has 4 nitrogen and oxygen atoms in total. The molecule has 0 saturated carbocycles. The molecule has 7 heteroatoms. The van der Waals surface area contributed by atoms with Gasteiger partial charge in [-0.2, -0.15) is 0 Å². The maximum absolute atomic E-state index is 13.7. The first-order valence-corrected chi connectivity index (χ1v) is 8.54. The summed E-state index contributed by atoms with van der Waals surface area (Å²) in [4.78, 5) is 16.7. The number of nitrogens with zero attached hydrogens (tertiary/aromatic N) is 1. The first-order chi connectivity index (χ1) is 11.6. The van der Waals surface area contributed by atoms with Gasteiger partial charge in [-0.3, -0.25) is 10.1 Å². The van der Waals surface area contributed by atoms with Crippen molar-refractivity contribution in [2.45, 2.75) is 19.4 Å². The van der Waals surface area contributed by atoms with E-state index >= 15 is 0 Å². The van der Waals surface area contributed by atoms with Gasteiger partial charge in [0.05, 0.1) is 10.2 Å². The van der Waals surface area contributed by atoms with E-state index in [0.29, 0.717) is 16.6 Å². The van der Waals surface area contributed by atoms with Crippen LogP contribution in [0.2, 0.25) is 5.02 Å². The summed E-state index contributed by atoms with van der Waals surface area (Å²) in [6, 6.07) is 11.3. The third kappa shape index (κ3) is 3.66. The number of benzene rings is 2. The fourth-order valence-corrected chi connectivity index (χ4v) is 3.30. The van der Waals surface area contributed by atoms with Crippen molar-refractivity contribution in [1.82, 2.24) is 4.98 Å². The topological polar surface area (TPSA) is 51.2 Å². The van der Waals surface area contributed by atoms with Crippen molar-refractivity contribution in [2.24, 2.45) is 0 Å². The van der Waals surface area contributed by atoms with Crippen LogP contribution < -0.4 is 10.1 Å². The number of carbonyl (C=O) groups is 1. The average Bonchev–Trinajstić information content (AvgIpc) is 2.95. The summed E-state index contributed by atoms with van der Waals surface area (Å²) in [5.74, 6) is -0.820. The number of anilines is 1. The summed E-state index contributed by atoms with van der Waals surface area (Å²) < 4.78 is 20.0. The Kier molecular flexibility index (Phi) is 4.97. The van der Waals surface area contributed by atoms with Crippen molar-refractivity contribution >= 4 is 44.2 Å². The van der Waals surface area contributed by atoms with E-state index in [-0.39, 0.29) is 11.7 Å². The molecule has 1 amide bonds. The lowest BCUT2D eigenvalue weighted by Gasteiger charge is -2.16. The Morgan fingerprint density at radius 3 is 2.92 bits per heavy atom. The van der Waals surface area contributed by atoms with Crippen LogP contribution in [0.5, 0.6) is 5.75 Å². The van der Waals surface area contributed by atoms with Crippen LogP contribution in [0.3, 0.4) is 0 Å². The number of aromatic nitrogens is 1. The van der Waals surface area contributed by atoms with Crippen LogP contribution in [0, 0.1) is 5.82 Å². The second-order valence-electron chi connectivity index (χ2n) is 5.07. The molecule has 0 aliphatic carbocycles. The summed E-state index contributed by atoms with van der Waals surface area (Å²) >= 11 is 7.27. The Labute approximate surface area is 147 Å². The lowest BCUT2D eigenvalue weighted by atomic mass is 10.2. The molecule has 3 rings (SSSR count). The number of hydrogen-bond donors (Lipinski definition) is 1. The van der Waals surface area contributed by atoms with Gasteiger partial charge in [0.2, 0.25) is 0 Å². The third-order valence-electron chi connectivity index (χ3n) is 3.35. The fourth-order valence-electron chi connectivity index (χ4n) is 2.15. The van der Waals surface area contributed by atoms with Crippen LogP contribution in [0.4, 0.5) is 9.52 Å². The van der Waals surface area contributed by atoms with Gasteiger partial charge < -0.3 is 4.74 Å². The minimum Gasteiger partial charge on any atom is -0.478 e. The predicted octanol–water partition coefficient (Wildman–Crippen LogP) is 4.88. The van der Waals surface area contributed by atoms with Crippen molar-refractivity contribution in [3.05, 3.63) is 53.3 Å². The Hall–Kier alpha value is -2.18. The van der Waals surface area contributed by atoms with E-state index in [1.807, 2.05) is 0 Å². The molecule has 0 bridgehead atoms. The molecular weight excluding hydrogens is 351 g/mol. The average molecular weight is 365 g/mol. The van der Waals surface area contributed by atoms with E-state index < -0.39 is 11.9 Å². The molecule has 0 spiro atoms. The predicted molar refractivity (Wildman–Crippen MR) is 94.4 cm³/mol. The fraction of sp³-hybridized carbons (Fsp3) is 0.176. The Morgan fingerprint density at radius 2 is 2.17 bits per heavy atom. The van der Waals surface area contributed by atoms with Crippen molar-refractivity contribution in [3.8, 4) is 5.75 Å². The Balaban J connectivity index is 1.75. The van der Waals surface area contributed by atoms with Gasteiger partial charge in [-0.1, -0.05) is 42.0 Å². The highest BCUT2D eigenvalue weighted by Crippen LogP contribution is 2.28. The first-order valence-electron chi connectivity index (χ1n) is 7.35. The molecule has 1 atom stereocenters. The second-order valence-corrected chi connectivity index (χ2v) is 6.53. The van der Waals surface area contributed by atoms with Crippen LogP contribution in [0.25, 0.3) is 10.2 Å². The molecule has 1 N–H and O–H groups in total. The normalized spacial score (nSPS) is 12.1. The van der Waals surface area contributed by atoms with Gasteiger partial charge in [0.15, 0.2) is 22.8 Å². The number of rotatable bonds is 5. The van der Waals surface area contributed by atoms with Gasteiger partial charge >= 0.3 is 0 Å². The summed E-state index contributed by atoms with van der Waals surface area (Å²) in [6.07, 6.45) is -0.408. The van der Waals surface area contributed by atoms with Crippen LogP contribution in [-0.2, 0) is 4.79 Å². The lowest BCUT2D eigenvalue weighted by molar-refractivity contribution is -0.122. The standard InChI is InChI=1S/C17H14ClFN2O2S/c1-2-13(23-14-6-4-3-5-11(14)19)16(22)21-17-20-12-8-7-10(18)9-15(12)24-17/h3-9,13H,2H2,1H3,(H,20,21,22)/t13-/m1/s1. The van der Waals surface area contributed by atoms with Gasteiger partial charge in [0, 0.05) is 5.02 Å². The molecule has 1 heterocycles. The molecule has 3 aromatic rings.